The second-order valence-electron chi connectivity index (χ2n) is 9.64. The molecule has 0 spiro atoms. The van der Waals surface area contributed by atoms with Gasteiger partial charge in [0, 0.05) is 13.2 Å². The zero-order valence-electron chi connectivity index (χ0n) is 16.5. The average molecular weight is 341 g/mol. The van der Waals surface area contributed by atoms with Crippen LogP contribution >= 0.6 is 0 Å². The molecule has 2 rings (SSSR count). The van der Waals surface area contributed by atoms with E-state index >= 15 is 0 Å². The molecule has 0 aromatic heterocycles. The molecule has 3 heteroatoms. The Morgan fingerprint density at radius 2 is 1.22 bits per heavy atom. The molecule has 0 heterocycles. The SMILES string of the molecule is COC1CCC(CC2CCC(O[Si](C)(C)C(C)(C)C)CC2)CC1. The molecule has 0 N–H and O–H groups in total. The van der Waals surface area contributed by atoms with Gasteiger partial charge in [0.1, 0.15) is 0 Å². The molecule has 0 radical (unpaired) electrons. The number of hydrogen-bond acceptors (Lipinski definition) is 2. The van der Waals surface area contributed by atoms with Crippen molar-refractivity contribution in [1.29, 1.82) is 0 Å². The Balaban J connectivity index is 1.70. The molecule has 0 saturated heterocycles. The number of hydrogen-bond donors (Lipinski definition) is 0. The van der Waals surface area contributed by atoms with Crippen LogP contribution in [0.4, 0.5) is 0 Å². The van der Waals surface area contributed by atoms with Crippen LogP contribution in [-0.2, 0) is 9.16 Å². The minimum atomic E-state index is -1.58. The zero-order valence-corrected chi connectivity index (χ0v) is 17.5. The van der Waals surface area contributed by atoms with Crippen molar-refractivity contribution in [3.63, 3.8) is 0 Å². The predicted molar refractivity (Wildman–Crippen MR) is 101 cm³/mol. The van der Waals surface area contributed by atoms with Gasteiger partial charge in [-0.1, -0.05) is 20.8 Å². The lowest BCUT2D eigenvalue weighted by atomic mass is 9.76. The van der Waals surface area contributed by atoms with Crippen molar-refractivity contribution in [2.24, 2.45) is 11.8 Å². The maximum Gasteiger partial charge on any atom is 0.192 e. The highest BCUT2D eigenvalue weighted by atomic mass is 28.4. The molecule has 0 aliphatic heterocycles. The Morgan fingerprint density at radius 3 is 1.61 bits per heavy atom. The van der Waals surface area contributed by atoms with Gasteiger partial charge in [0.15, 0.2) is 8.32 Å². The highest BCUT2D eigenvalue weighted by Crippen LogP contribution is 2.41. The maximum atomic E-state index is 6.63. The summed E-state index contributed by atoms with van der Waals surface area (Å²) in [5.74, 6) is 1.92. The van der Waals surface area contributed by atoms with E-state index in [-0.39, 0.29) is 0 Å². The molecular weight excluding hydrogens is 300 g/mol. The second-order valence-corrected chi connectivity index (χ2v) is 14.4. The summed E-state index contributed by atoms with van der Waals surface area (Å²) in [4.78, 5) is 0. The first-order chi connectivity index (χ1) is 10.7. The molecule has 0 aromatic carbocycles. The summed E-state index contributed by atoms with van der Waals surface area (Å²) in [7, 11) is 0.287. The van der Waals surface area contributed by atoms with Gasteiger partial charge in [-0.05, 0) is 87.8 Å². The standard InChI is InChI=1S/C20H40O2Si/c1-20(2,3)23(5,6)22-19-13-9-17(10-14-19)15-16-7-11-18(21-4)12-8-16/h16-19H,7-15H2,1-6H3. The first kappa shape index (κ1) is 19.5. The highest BCUT2D eigenvalue weighted by Gasteiger charge is 2.40. The van der Waals surface area contributed by atoms with E-state index in [0.29, 0.717) is 17.2 Å². The first-order valence-electron chi connectivity index (χ1n) is 9.92. The molecule has 23 heavy (non-hydrogen) atoms. The van der Waals surface area contributed by atoms with Gasteiger partial charge in [0.05, 0.1) is 6.10 Å². The van der Waals surface area contributed by atoms with Crippen molar-refractivity contribution < 1.29 is 9.16 Å². The van der Waals surface area contributed by atoms with Crippen LogP contribution in [-0.4, -0.2) is 27.6 Å². The zero-order chi connectivity index (χ0) is 17.1. The summed E-state index contributed by atoms with van der Waals surface area (Å²) in [5.41, 5.74) is 0. The lowest BCUT2D eigenvalue weighted by molar-refractivity contribution is 0.0483. The molecule has 0 bridgehead atoms. The molecule has 2 nitrogen and oxygen atoms in total. The monoisotopic (exact) mass is 340 g/mol. The van der Waals surface area contributed by atoms with Gasteiger partial charge in [-0.25, -0.2) is 0 Å². The Bertz CT molecular complexity index is 345. The quantitative estimate of drug-likeness (QED) is 0.558. The fourth-order valence-electron chi connectivity index (χ4n) is 4.15. The summed E-state index contributed by atoms with van der Waals surface area (Å²) >= 11 is 0. The van der Waals surface area contributed by atoms with Crippen LogP contribution in [0.1, 0.15) is 78.6 Å². The fraction of sp³-hybridized carbons (Fsp3) is 1.00. The molecule has 2 fully saturated rings. The molecule has 0 aromatic rings. The van der Waals surface area contributed by atoms with Crippen LogP contribution in [0.25, 0.3) is 0 Å². The lowest BCUT2D eigenvalue weighted by Gasteiger charge is -2.41. The van der Waals surface area contributed by atoms with Gasteiger partial charge < -0.3 is 9.16 Å². The molecule has 2 saturated carbocycles. The summed E-state index contributed by atoms with van der Waals surface area (Å²) in [6, 6.07) is 0. The molecule has 0 atom stereocenters. The molecule has 0 amide bonds. The van der Waals surface area contributed by atoms with Crippen LogP contribution in [0.3, 0.4) is 0 Å². The second kappa shape index (κ2) is 8.01. The van der Waals surface area contributed by atoms with Crippen molar-refractivity contribution in [3.8, 4) is 0 Å². The third-order valence-corrected chi connectivity index (χ3v) is 11.4. The Hall–Kier alpha value is 0.137. The number of ether oxygens (including phenoxy) is 1. The van der Waals surface area contributed by atoms with Crippen molar-refractivity contribution >= 4 is 8.32 Å². The van der Waals surface area contributed by atoms with E-state index in [9.17, 15) is 0 Å². The van der Waals surface area contributed by atoms with Gasteiger partial charge >= 0.3 is 0 Å². The van der Waals surface area contributed by atoms with E-state index in [4.69, 9.17) is 9.16 Å². The van der Waals surface area contributed by atoms with Crippen molar-refractivity contribution in [2.45, 2.75) is 109 Å². The van der Waals surface area contributed by atoms with Gasteiger partial charge in [-0.15, -0.1) is 0 Å². The summed E-state index contributed by atoms with van der Waals surface area (Å²) in [6.45, 7) is 11.8. The average Bonchev–Trinajstić information content (AvgIpc) is 2.48. The minimum absolute atomic E-state index is 0.337. The van der Waals surface area contributed by atoms with Crippen LogP contribution in [0.2, 0.25) is 18.1 Å². The Kier molecular flexibility index (Phi) is 6.78. The number of rotatable bonds is 5. The van der Waals surface area contributed by atoms with Gasteiger partial charge in [-0.3, -0.25) is 0 Å². The van der Waals surface area contributed by atoms with E-state index in [1.807, 2.05) is 7.11 Å². The predicted octanol–water partition coefficient (Wildman–Crippen LogP) is 6.16. The smallest absolute Gasteiger partial charge is 0.192 e. The molecule has 136 valence electrons. The first-order valence-corrected chi connectivity index (χ1v) is 12.8. The summed E-state index contributed by atoms with van der Waals surface area (Å²) < 4.78 is 12.1. The van der Waals surface area contributed by atoms with Crippen LogP contribution in [0.15, 0.2) is 0 Å². The normalized spacial score (nSPS) is 33.7. The Labute approximate surface area is 145 Å². The van der Waals surface area contributed by atoms with Crippen molar-refractivity contribution in [2.75, 3.05) is 7.11 Å². The van der Waals surface area contributed by atoms with Gasteiger partial charge in [0.2, 0.25) is 0 Å². The largest absolute Gasteiger partial charge is 0.414 e. The van der Waals surface area contributed by atoms with Gasteiger partial charge in [-0.2, -0.15) is 0 Å². The molecular formula is C20H40O2Si. The number of methoxy groups -OCH3 is 1. The third kappa shape index (κ3) is 5.57. The van der Waals surface area contributed by atoms with E-state index in [1.54, 1.807) is 0 Å². The van der Waals surface area contributed by atoms with E-state index in [2.05, 4.69) is 33.9 Å². The topological polar surface area (TPSA) is 18.5 Å². The summed E-state index contributed by atoms with van der Waals surface area (Å²) in [6.07, 6.45) is 13.3. The van der Waals surface area contributed by atoms with Gasteiger partial charge in [0.25, 0.3) is 0 Å². The van der Waals surface area contributed by atoms with Crippen LogP contribution in [0.5, 0.6) is 0 Å². The minimum Gasteiger partial charge on any atom is -0.414 e. The van der Waals surface area contributed by atoms with E-state index in [0.717, 1.165) is 11.8 Å². The van der Waals surface area contributed by atoms with Crippen LogP contribution in [0, 0.1) is 11.8 Å². The van der Waals surface area contributed by atoms with Crippen LogP contribution < -0.4 is 0 Å². The van der Waals surface area contributed by atoms with E-state index in [1.165, 1.54) is 57.8 Å². The summed E-state index contributed by atoms with van der Waals surface area (Å²) in [5, 5.41) is 0.337. The lowest BCUT2D eigenvalue weighted by Crippen LogP contribution is -2.44. The Morgan fingerprint density at radius 1 is 0.783 bits per heavy atom. The fourth-order valence-corrected chi connectivity index (χ4v) is 5.58. The highest BCUT2D eigenvalue weighted by molar-refractivity contribution is 6.74. The van der Waals surface area contributed by atoms with Crippen molar-refractivity contribution in [3.05, 3.63) is 0 Å². The van der Waals surface area contributed by atoms with Crippen molar-refractivity contribution in [1.82, 2.24) is 0 Å². The molecule has 0 unspecified atom stereocenters. The molecule has 2 aliphatic carbocycles. The molecule has 2 aliphatic rings. The van der Waals surface area contributed by atoms with E-state index < -0.39 is 8.32 Å². The maximum absolute atomic E-state index is 6.63. The third-order valence-electron chi connectivity index (χ3n) is 6.86.